The smallest absolute Gasteiger partial charge is 0.239 e. The molecule has 1 fully saturated rings. The second kappa shape index (κ2) is 7.10. The van der Waals surface area contributed by atoms with Crippen molar-refractivity contribution in [2.75, 3.05) is 33.2 Å². The van der Waals surface area contributed by atoms with E-state index in [0.29, 0.717) is 12.0 Å². The zero-order valence-corrected chi connectivity index (χ0v) is 12.6. The average molecular weight is 255 g/mol. The third-order valence-corrected chi connectivity index (χ3v) is 4.02. The molecular weight excluding hydrogens is 226 g/mol. The molecule has 3 unspecified atom stereocenters. The summed E-state index contributed by atoms with van der Waals surface area (Å²) in [6.45, 7) is 12.2. The lowest BCUT2D eigenvalue weighted by atomic mass is 9.93. The van der Waals surface area contributed by atoms with E-state index >= 15 is 0 Å². The lowest BCUT2D eigenvalue weighted by Gasteiger charge is -2.37. The minimum Gasteiger partial charge on any atom is -0.342 e. The van der Waals surface area contributed by atoms with Gasteiger partial charge in [-0.3, -0.25) is 4.79 Å². The average Bonchev–Trinajstić information content (AvgIpc) is 2.34. The van der Waals surface area contributed by atoms with Gasteiger partial charge in [-0.05, 0) is 46.7 Å². The van der Waals surface area contributed by atoms with E-state index in [0.717, 1.165) is 32.6 Å². The summed E-state index contributed by atoms with van der Waals surface area (Å²) < 4.78 is 0. The van der Waals surface area contributed by atoms with Gasteiger partial charge >= 0.3 is 0 Å². The van der Waals surface area contributed by atoms with Crippen LogP contribution < -0.4 is 5.32 Å². The molecule has 0 radical (unpaired) electrons. The van der Waals surface area contributed by atoms with Gasteiger partial charge in [-0.25, -0.2) is 0 Å². The SMILES string of the molecule is CCN(CC)C(=O)C(C)NC1CCN(C)CC1C. The summed E-state index contributed by atoms with van der Waals surface area (Å²) in [7, 11) is 2.16. The largest absolute Gasteiger partial charge is 0.342 e. The Morgan fingerprint density at radius 2 is 2.06 bits per heavy atom. The van der Waals surface area contributed by atoms with Gasteiger partial charge in [0.15, 0.2) is 0 Å². The Hall–Kier alpha value is -0.610. The Morgan fingerprint density at radius 1 is 1.44 bits per heavy atom. The lowest BCUT2D eigenvalue weighted by molar-refractivity contribution is -0.133. The predicted octanol–water partition coefficient (Wildman–Crippen LogP) is 1.17. The Labute approximate surface area is 112 Å². The van der Waals surface area contributed by atoms with Crippen molar-refractivity contribution in [3.8, 4) is 0 Å². The van der Waals surface area contributed by atoms with E-state index in [1.165, 1.54) is 0 Å². The van der Waals surface area contributed by atoms with E-state index in [1.54, 1.807) is 0 Å². The van der Waals surface area contributed by atoms with E-state index in [-0.39, 0.29) is 11.9 Å². The van der Waals surface area contributed by atoms with Crippen LogP contribution in [0, 0.1) is 5.92 Å². The fraction of sp³-hybridized carbons (Fsp3) is 0.929. The van der Waals surface area contributed by atoms with Crippen LogP contribution >= 0.6 is 0 Å². The quantitative estimate of drug-likeness (QED) is 0.801. The Morgan fingerprint density at radius 3 is 2.56 bits per heavy atom. The molecule has 18 heavy (non-hydrogen) atoms. The van der Waals surface area contributed by atoms with Gasteiger partial charge in [0, 0.05) is 25.7 Å². The summed E-state index contributed by atoms with van der Waals surface area (Å²) in [5, 5.41) is 3.52. The van der Waals surface area contributed by atoms with Crippen LogP contribution in [0.3, 0.4) is 0 Å². The van der Waals surface area contributed by atoms with E-state index in [1.807, 2.05) is 25.7 Å². The maximum atomic E-state index is 12.2. The highest BCUT2D eigenvalue weighted by molar-refractivity contribution is 5.81. The summed E-state index contributed by atoms with van der Waals surface area (Å²) in [5.74, 6) is 0.835. The van der Waals surface area contributed by atoms with Crippen molar-refractivity contribution in [1.82, 2.24) is 15.1 Å². The molecular formula is C14H29N3O. The van der Waals surface area contributed by atoms with E-state index in [9.17, 15) is 4.79 Å². The third kappa shape index (κ3) is 3.95. The zero-order chi connectivity index (χ0) is 13.7. The Kier molecular flexibility index (Phi) is 6.09. The molecule has 1 amide bonds. The lowest BCUT2D eigenvalue weighted by Crippen LogP contribution is -2.54. The molecule has 4 nitrogen and oxygen atoms in total. The van der Waals surface area contributed by atoms with Gasteiger partial charge in [0.1, 0.15) is 0 Å². The fourth-order valence-electron chi connectivity index (χ4n) is 2.80. The fourth-order valence-corrected chi connectivity index (χ4v) is 2.80. The number of nitrogens with one attached hydrogen (secondary N) is 1. The second-order valence-corrected chi connectivity index (χ2v) is 5.53. The first-order chi connectivity index (χ1) is 8.49. The number of nitrogens with zero attached hydrogens (tertiary/aromatic N) is 2. The van der Waals surface area contributed by atoms with E-state index in [2.05, 4.69) is 24.2 Å². The molecule has 1 heterocycles. The number of amides is 1. The van der Waals surface area contributed by atoms with Gasteiger partial charge < -0.3 is 15.1 Å². The number of likely N-dealkylation sites (tertiary alicyclic amines) is 1. The topological polar surface area (TPSA) is 35.6 Å². The van der Waals surface area contributed by atoms with Gasteiger partial charge in [-0.2, -0.15) is 0 Å². The van der Waals surface area contributed by atoms with E-state index < -0.39 is 0 Å². The molecule has 0 aliphatic carbocycles. The second-order valence-electron chi connectivity index (χ2n) is 5.53. The van der Waals surface area contributed by atoms with Crippen LogP contribution in [0.15, 0.2) is 0 Å². The van der Waals surface area contributed by atoms with Crippen LogP contribution in [0.4, 0.5) is 0 Å². The number of carbonyl (C=O) groups excluding carboxylic acids is 1. The molecule has 4 heteroatoms. The normalized spacial score (nSPS) is 26.9. The van der Waals surface area contributed by atoms with Gasteiger partial charge in [0.25, 0.3) is 0 Å². The van der Waals surface area contributed by atoms with E-state index in [4.69, 9.17) is 0 Å². The van der Waals surface area contributed by atoms with Gasteiger partial charge in [0.05, 0.1) is 6.04 Å². The highest BCUT2D eigenvalue weighted by Gasteiger charge is 2.27. The molecule has 1 aliphatic rings. The first kappa shape index (κ1) is 15.4. The molecule has 1 N–H and O–H groups in total. The molecule has 0 aromatic rings. The highest BCUT2D eigenvalue weighted by Crippen LogP contribution is 2.16. The molecule has 0 saturated carbocycles. The van der Waals surface area contributed by atoms with Crippen LogP contribution in [-0.4, -0.2) is 61.0 Å². The van der Waals surface area contributed by atoms with Crippen LogP contribution in [0.2, 0.25) is 0 Å². The number of rotatable bonds is 5. The van der Waals surface area contributed by atoms with Crippen molar-refractivity contribution in [3.05, 3.63) is 0 Å². The summed E-state index contributed by atoms with van der Waals surface area (Å²) in [4.78, 5) is 16.5. The summed E-state index contributed by atoms with van der Waals surface area (Å²) in [5.41, 5.74) is 0. The van der Waals surface area contributed by atoms with Crippen LogP contribution in [0.1, 0.15) is 34.1 Å². The third-order valence-electron chi connectivity index (χ3n) is 4.02. The standard InChI is InChI=1S/C14H29N3O/c1-6-17(7-2)14(18)12(4)15-13-8-9-16(5)10-11(13)3/h11-13,15H,6-10H2,1-5H3. The van der Waals surface area contributed by atoms with Crippen LogP contribution in [0.25, 0.3) is 0 Å². The molecule has 0 aromatic carbocycles. The number of likely N-dealkylation sites (N-methyl/N-ethyl adjacent to an activating group) is 1. The van der Waals surface area contributed by atoms with Crippen molar-refractivity contribution in [3.63, 3.8) is 0 Å². The summed E-state index contributed by atoms with van der Waals surface area (Å²) >= 11 is 0. The van der Waals surface area contributed by atoms with Gasteiger partial charge in [0.2, 0.25) is 5.91 Å². The molecule has 1 aliphatic heterocycles. The maximum absolute atomic E-state index is 12.2. The molecule has 106 valence electrons. The van der Waals surface area contributed by atoms with Gasteiger partial charge in [-0.1, -0.05) is 6.92 Å². The monoisotopic (exact) mass is 255 g/mol. The Balaban J connectivity index is 2.48. The van der Waals surface area contributed by atoms with Crippen molar-refractivity contribution >= 4 is 5.91 Å². The number of hydrogen-bond donors (Lipinski definition) is 1. The molecule has 3 atom stereocenters. The van der Waals surface area contributed by atoms with Gasteiger partial charge in [-0.15, -0.1) is 0 Å². The number of piperidine rings is 1. The summed E-state index contributed by atoms with van der Waals surface area (Å²) in [6.07, 6.45) is 1.13. The Bertz CT molecular complexity index is 266. The van der Waals surface area contributed by atoms with Crippen LogP contribution in [-0.2, 0) is 4.79 Å². The van der Waals surface area contributed by atoms with Crippen molar-refractivity contribution in [2.24, 2.45) is 5.92 Å². The van der Waals surface area contributed by atoms with Crippen molar-refractivity contribution < 1.29 is 4.79 Å². The maximum Gasteiger partial charge on any atom is 0.239 e. The molecule has 0 spiro atoms. The molecule has 1 saturated heterocycles. The predicted molar refractivity (Wildman–Crippen MR) is 75.6 cm³/mol. The minimum atomic E-state index is -0.0687. The number of hydrogen-bond acceptors (Lipinski definition) is 3. The van der Waals surface area contributed by atoms with Crippen molar-refractivity contribution in [1.29, 1.82) is 0 Å². The summed E-state index contributed by atoms with van der Waals surface area (Å²) in [6, 6.07) is 0.400. The molecule has 1 rings (SSSR count). The first-order valence-electron chi connectivity index (χ1n) is 7.22. The van der Waals surface area contributed by atoms with Crippen LogP contribution in [0.5, 0.6) is 0 Å². The highest BCUT2D eigenvalue weighted by atomic mass is 16.2. The zero-order valence-electron chi connectivity index (χ0n) is 12.6. The van der Waals surface area contributed by atoms with Crippen molar-refractivity contribution in [2.45, 2.75) is 46.2 Å². The molecule has 0 bridgehead atoms. The number of carbonyl (C=O) groups is 1. The molecule has 0 aromatic heterocycles. The minimum absolute atomic E-state index is 0.0687. The first-order valence-corrected chi connectivity index (χ1v) is 7.22.